The molecule has 2 heterocycles. The monoisotopic (exact) mass is 505 g/mol. The highest BCUT2D eigenvalue weighted by molar-refractivity contribution is 7.90. The molecule has 0 amide bonds. The smallest absolute Gasteiger partial charge is 0.328 e. The number of hydrogen-bond acceptors (Lipinski definition) is 5. The molecule has 0 spiro atoms. The second kappa shape index (κ2) is 8.03. The summed E-state index contributed by atoms with van der Waals surface area (Å²) in [5.41, 5.74) is -1.47. The Balaban J connectivity index is 1.73. The molecule has 1 aromatic heterocycles. The Morgan fingerprint density at radius 1 is 1.09 bits per heavy atom. The molecule has 1 aliphatic rings. The summed E-state index contributed by atoms with van der Waals surface area (Å²) in [7, 11) is -2.81. The maximum absolute atomic E-state index is 14.5. The Labute approximate surface area is 189 Å². The van der Waals surface area contributed by atoms with Crippen LogP contribution in [0.1, 0.15) is 0 Å². The molecule has 14 heteroatoms. The van der Waals surface area contributed by atoms with Gasteiger partial charge in [0, 0.05) is 20.1 Å². The Bertz CT molecular complexity index is 1470. The van der Waals surface area contributed by atoms with Crippen molar-refractivity contribution in [1.29, 1.82) is 0 Å². The van der Waals surface area contributed by atoms with Crippen LogP contribution in [0.5, 0.6) is 0 Å². The van der Waals surface area contributed by atoms with Crippen LogP contribution in [0, 0.1) is 5.82 Å². The molecule has 0 radical (unpaired) electrons. The zero-order chi connectivity index (χ0) is 23.4. The van der Waals surface area contributed by atoms with E-state index < -0.39 is 33.4 Å². The summed E-state index contributed by atoms with van der Waals surface area (Å²) in [6, 6.07) is 4.90. The van der Waals surface area contributed by atoms with E-state index in [0.717, 1.165) is 21.0 Å². The lowest BCUT2D eigenvalue weighted by atomic mass is 10.2. The third-order valence-electron chi connectivity index (χ3n) is 4.94. The molecule has 170 valence electrons. The average Bonchev–Trinajstić information content (AvgIpc) is 2.70. The van der Waals surface area contributed by atoms with Gasteiger partial charge in [-0.25, -0.2) is 13.6 Å². The molecular formula is C18H15Cl2F2N5O4S. The van der Waals surface area contributed by atoms with Crippen LogP contribution in [0.25, 0.3) is 10.9 Å². The van der Waals surface area contributed by atoms with Gasteiger partial charge in [0.05, 0.1) is 38.0 Å². The summed E-state index contributed by atoms with van der Waals surface area (Å²) in [6.07, 6.45) is -1.25. The molecule has 9 nitrogen and oxygen atoms in total. The largest absolute Gasteiger partial charge is 0.351 e. The van der Waals surface area contributed by atoms with Crippen LogP contribution in [0.4, 0.5) is 25.8 Å². The van der Waals surface area contributed by atoms with Crippen molar-refractivity contribution in [3.63, 3.8) is 0 Å². The first-order valence-corrected chi connectivity index (χ1v) is 11.3. The van der Waals surface area contributed by atoms with Crippen LogP contribution >= 0.6 is 23.2 Å². The van der Waals surface area contributed by atoms with Crippen molar-refractivity contribution in [3.8, 4) is 0 Å². The number of halogens is 4. The maximum atomic E-state index is 14.5. The zero-order valence-electron chi connectivity index (χ0n) is 16.2. The molecule has 0 atom stereocenters. The molecule has 3 N–H and O–H groups in total. The zero-order valence-corrected chi connectivity index (χ0v) is 18.6. The van der Waals surface area contributed by atoms with Gasteiger partial charge in [-0.15, -0.1) is 0 Å². The lowest BCUT2D eigenvalue weighted by Gasteiger charge is -2.33. The van der Waals surface area contributed by atoms with Gasteiger partial charge >= 0.3 is 15.9 Å². The highest BCUT2D eigenvalue weighted by Crippen LogP contribution is 2.38. The first-order valence-electron chi connectivity index (χ1n) is 9.08. The number of alkyl halides is 1. The van der Waals surface area contributed by atoms with E-state index in [-0.39, 0.29) is 51.1 Å². The summed E-state index contributed by atoms with van der Waals surface area (Å²) >= 11 is 12.6. The summed E-state index contributed by atoms with van der Waals surface area (Å²) in [6.45, 7) is -0.577. The van der Waals surface area contributed by atoms with E-state index in [1.165, 1.54) is 19.2 Å². The number of nitrogens with one attached hydrogen (secondary N) is 3. The molecule has 0 bridgehead atoms. The average molecular weight is 506 g/mol. The molecule has 1 saturated heterocycles. The van der Waals surface area contributed by atoms with Crippen LogP contribution in [-0.4, -0.2) is 41.5 Å². The quantitative estimate of drug-likeness (QED) is 0.492. The van der Waals surface area contributed by atoms with Gasteiger partial charge in [0.2, 0.25) is 0 Å². The normalized spacial score (nSPS) is 15.0. The van der Waals surface area contributed by atoms with Gasteiger partial charge in [0.1, 0.15) is 12.0 Å². The van der Waals surface area contributed by atoms with Crippen LogP contribution in [-0.2, 0) is 17.3 Å². The minimum Gasteiger partial charge on any atom is -0.351 e. The number of benzene rings is 2. The molecule has 0 unspecified atom stereocenters. The topological polar surface area (TPSA) is 116 Å². The number of aromatic nitrogens is 2. The van der Waals surface area contributed by atoms with Crippen molar-refractivity contribution in [2.24, 2.45) is 7.05 Å². The van der Waals surface area contributed by atoms with Crippen LogP contribution in [0.15, 0.2) is 33.9 Å². The minimum absolute atomic E-state index is 0.00860. The Hall–Kier alpha value is -2.67. The third kappa shape index (κ3) is 3.83. The van der Waals surface area contributed by atoms with Gasteiger partial charge in [0.15, 0.2) is 0 Å². The van der Waals surface area contributed by atoms with Gasteiger partial charge in [-0.3, -0.25) is 14.1 Å². The highest BCUT2D eigenvalue weighted by Gasteiger charge is 2.36. The first-order chi connectivity index (χ1) is 15.0. The fourth-order valence-corrected chi connectivity index (χ4v) is 5.00. The van der Waals surface area contributed by atoms with Crippen molar-refractivity contribution in [1.82, 2.24) is 13.9 Å². The van der Waals surface area contributed by atoms with Crippen molar-refractivity contribution < 1.29 is 17.2 Å². The number of H-pyrrole nitrogens is 1. The second-order valence-electron chi connectivity index (χ2n) is 7.07. The van der Waals surface area contributed by atoms with Crippen molar-refractivity contribution in [2.75, 3.05) is 23.1 Å². The number of anilines is 3. The van der Waals surface area contributed by atoms with Gasteiger partial charge in [0.25, 0.3) is 5.56 Å². The van der Waals surface area contributed by atoms with E-state index in [2.05, 4.69) is 15.0 Å². The van der Waals surface area contributed by atoms with Crippen molar-refractivity contribution >= 4 is 61.4 Å². The van der Waals surface area contributed by atoms with E-state index in [0.29, 0.717) is 0 Å². The van der Waals surface area contributed by atoms with Gasteiger partial charge < -0.3 is 10.3 Å². The maximum Gasteiger partial charge on any atom is 0.328 e. The molecule has 1 aliphatic heterocycles. The van der Waals surface area contributed by atoms with E-state index in [1.807, 2.05) is 0 Å². The van der Waals surface area contributed by atoms with Crippen LogP contribution in [0.3, 0.4) is 0 Å². The fourth-order valence-electron chi connectivity index (χ4n) is 3.11. The number of hydrogen-bond donors (Lipinski definition) is 3. The molecular weight excluding hydrogens is 491 g/mol. The Morgan fingerprint density at radius 2 is 1.75 bits per heavy atom. The SMILES string of the molecule is Cn1c(=O)[nH]c2ccc(Nc3c(F)ccc(NS(=O)(=O)N4CC(F)C4)c3Cl)c(Cl)c2c1=O. The number of aromatic amines is 1. The van der Waals surface area contributed by atoms with Crippen LogP contribution in [0.2, 0.25) is 10.0 Å². The molecule has 3 aromatic rings. The van der Waals surface area contributed by atoms with Gasteiger partial charge in [-0.1, -0.05) is 23.2 Å². The Kier molecular flexibility index (Phi) is 5.65. The molecule has 32 heavy (non-hydrogen) atoms. The molecule has 0 aliphatic carbocycles. The summed E-state index contributed by atoms with van der Waals surface area (Å²) in [4.78, 5) is 26.7. The third-order valence-corrected chi connectivity index (χ3v) is 7.18. The lowest BCUT2D eigenvalue weighted by molar-refractivity contribution is 0.142. The molecule has 2 aromatic carbocycles. The Morgan fingerprint density at radius 3 is 2.41 bits per heavy atom. The van der Waals surface area contributed by atoms with E-state index in [9.17, 15) is 26.8 Å². The van der Waals surface area contributed by atoms with E-state index in [4.69, 9.17) is 23.2 Å². The number of rotatable bonds is 5. The van der Waals surface area contributed by atoms with E-state index >= 15 is 0 Å². The van der Waals surface area contributed by atoms with Crippen molar-refractivity contribution in [2.45, 2.75) is 6.17 Å². The lowest BCUT2D eigenvalue weighted by Crippen LogP contribution is -2.53. The predicted molar refractivity (Wildman–Crippen MR) is 119 cm³/mol. The number of nitrogens with zero attached hydrogens (tertiary/aromatic N) is 2. The van der Waals surface area contributed by atoms with Gasteiger partial charge in [-0.05, 0) is 24.3 Å². The van der Waals surface area contributed by atoms with Crippen LogP contribution < -0.4 is 21.3 Å². The summed E-state index contributed by atoms with van der Waals surface area (Å²) in [5, 5.41) is 2.25. The predicted octanol–water partition coefficient (Wildman–Crippen LogP) is 2.73. The first kappa shape index (κ1) is 22.5. The molecule has 4 rings (SSSR count). The highest BCUT2D eigenvalue weighted by atomic mass is 35.5. The van der Waals surface area contributed by atoms with Gasteiger partial charge in [-0.2, -0.15) is 12.7 Å². The second-order valence-corrected chi connectivity index (χ2v) is 9.50. The van der Waals surface area contributed by atoms with E-state index in [1.54, 1.807) is 0 Å². The number of fused-ring (bicyclic) bond motifs is 1. The standard InChI is InChI=1S/C18H15Cl2F2N5O4S/c1-26-17(28)13-10(24-18(26)29)4-5-11(14(13)19)23-16-9(22)2-3-12(15(16)20)25-32(30,31)27-6-8(21)7-27/h2-5,8,23,25H,6-7H2,1H3,(H,24,29). The minimum atomic E-state index is -4.08. The molecule has 1 fully saturated rings. The summed E-state index contributed by atoms with van der Waals surface area (Å²) in [5.74, 6) is -0.823. The summed E-state index contributed by atoms with van der Waals surface area (Å²) < 4.78 is 56.1. The molecule has 0 saturated carbocycles. The van der Waals surface area contributed by atoms with Crippen molar-refractivity contribution in [3.05, 3.63) is 61.0 Å². The fraction of sp³-hybridized carbons (Fsp3) is 0.222.